The average molecular weight is 189 g/mol. The van der Waals surface area contributed by atoms with Gasteiger partial charge in [0.05, 0.1) is 0 Å². The average Bonchev–Trinajstić information content (AvgIpc) is 2.02. The Hall–Kier alpha value is -0.600. The van der Waals surface area contributed by atoms with Crippen LogP contribution in [0.2, 0.25) is 0 Å². The summed E-state index contributed by atoms with van der Waals surface area (Å²) in [5.74, 6) is -1.48. The molecule has 0 aromatic heterocycles. The second kappa shape index (κ2) is 4.58. The molecular formula is C10H20FNO. The van der Waals surface area contributed by atoms with E-state index in [1.54, 1.807) is 20.8 Å². The Bertz CT molecular complexity index is 182. The highest BCUT2D eigenvalue weighted by molar-refractivity contribution is 5.84. The molecule has 0 saturated heterocycles. The summed E-state index contributed by atoms with van der Waals surface area (Å²) in [6.45, 7) is 7.10. The van der Waals surface area contributed by atoms with E-state index in [-0.39, 0.29) is 11.8 Å². The molecule has 13 heavy (non-hydrogen) atoms. The zero-order valence-electron chi connectivity index (χ0n) is 8.93. The number of hydrogen-bond donors (Lipinski definition) is 1. The molecular weight excluding hydrogens is 169 g/mol. The van der Waals surface area contributed by atoms with Gasteiger partial charge >= 0.3 is 0 Å². The van der Waals surface area contributed by atoms with E-state index >= 15 is 0 Å². The highest BCUT2D eigenvalue weighted by Gasteiger charge is 2.44. The number of amides is 1. The Morgan fingerprint density at radius 2 is 1.92 bits per heavy atom. The van der Waals surface area contributed by atoms with E-state index in [0.717, 1.165) is 6.42 Å². The Balaban J connectivity index is 4.68. The number of hydrogen-bond acceptors (Lipinski definition) is 1. The van der Waals surface area contributed by atoms with Gasteiger partial charge in [0.2, 0.25) is 0 Å². The monoisotopic (exact) mass is 189 g/mol. The van der Waals surface area contributed by atoms with Crippen molar-refractivity contribution < 1.29 is 9.18 Å². The summed E-state index contributed by atoms with van der Waals surface area (Å²) in [6, 6.07) is 0. The maximum Gasteiger partial charge on any atom is 0.255 e. The Morgan fingerprint density at radius 1 is 1.46 bits per heavy atom. The topological polar surface area (TPSA) is 43.1 Å². The zero-order chi connectivity index (χ0) is 10.6. The fourth-order valence-corrected chi connectivity index (χ4v) is 1.74. The van der Waals surface area contributed by atoms with Crippen molar-refractivity contribution in [2.75, 3.05) is 0 Å². The summed E-state index contributed by atoms with van der Waals surface area (Å²) in [4.78, 5) is 11.0. The van der Waals surface area contributed by atoms with Gasteiger partial charge in [0.1, 0.15) is 0 Å². The third kappa shape index (κ3) is 2.42. The van der Waals surface area contributed by atoms with Crippen LogP contribution in [0.1, 0.15) is 40.5 Å². The number of carbonyl (C=O) groups is 1. The van der Waals surface area contributed by atoms with Crippen molar-refractivity contribution in [3.05, 3.63) is 0 Å². The molecule has 2 N–H and O–H groups in total. The molecule has 78 valence electrons. The first-order valence-electron chi connectivity index (χ1n) is 4.86. The molecule has 0 bridgehead atoms. The molecule has 2 unspecified atom stereocenters. The molecule has 2 nitrogen and oxygen atoms in total. The standard InChI is InChI=1S/C10H20FNO/c1-5-6-8(4)10(11,7(2)3)9(12)13/h7-8H,5-6H2,1-4H3,(H2,12,13). The van der Waals surface area contributed by atoms with Gasteiger partial charge in [-0.1, -0.05) is 34.1 Å². The van der Waals surface area contributed by atoms with E-state index in [0.29, 0.717) is 6.42 Å². The number of halogens is 1. The Labute approximate surface area is 79.7 Å². The minimum absolute atomic E-state index is 0.296. The summed E-state index contributed by atoms with van der Waals surface area (Å²) in [5.41, 5.74) is 3.24. The predicted molar refractivity (Wildman–Crippen MR) is 51.9 cm³/mol. The second-order valence-corrected chi connectivity index (χ2v) is 3.98. The van der Waals surface area contributed by atoms with E-state index in [4.69, 9.17) is 5.73 Å². The van der Waals surface area contributed by atoms with Crippen LogP contribution in [0.15, 0.2) is 0 Å². The molecule has 0 aromatic carbocycles. The maximum atomic E-state index is 14.1. The van der Waals surface area contributed by atoms with E-state index in [2.05, 4.69) is 0 Å². The Morgan fingerprint density at radius 3 is 2.15 bits per heavy atom. The second-order valence-electron chi connectivity index (χ2n) is 3.98. The van der Waals surface area contributed by atoms with Crippen molar-refractivity contribution >= 4 is 5.91 Å². The first kappa shape index (κ1) is 12.4. The van der Waals surface area contributed by atoms with Crippen LogP contribution in [0.5, 0.6) is 0 Å². The first-order chi connectivity index (χ1) is 5.87. The van der Waals surface area contributed by atoms with Crippen LogP contribution in [0.4, 0.5) is 4.39 Å². The number of carbonyl (C=O) groups excluding carboxylic acids is 1. The molecule has 0 aliphatic rings. The van der Waals surface area contributed by atoms with Gasteiger partial charge in [0.25, 0.3) is 5.91 Å². The van der Waals surface area contributed by atoms with Crippen molar-refractivity contribution in [1.82, 2.24) is 0 Å². The molecule has 0 rings (SSSR count). The van der Waals surface area contributed by atoms with Gasteiger partial charge in [-0.15, -0.1) is 0 Å². The molecule has 0 aliphatic carbocycles. The van der Waals surface area contributed by atoms with Crippen molar-refractivity contribution in [2.24, 2.45) is 17.6 Å². The summed E-state index contributed by atoms with van der Waals surface area (Å²) in [6.07, 6.45) is 1.56. The highest BCUT2D eigenvalue weighted by Crippen LogP contribution is 2.33. The van der Waals surface area contributed by atoms with E-state index in [1.807, 2.05) is 6.92 Å². The highest BCUT2D eigenvalue weighted by atomic mass is 19.1. The summed E-state index contributed by atoms with van der Waals surface area (Å²) >= 11 is 0. The van der Waals surface area contributed by atoms with Gasteiger partial charge in [0, 0.05) is 0 Å². The van der Waals surface area contributed by atoms with Crippen LogP contribution in [0.3, 0.4) is 0 Å². The smallest absolute Gasteiger partial charge is 0.255 e. The van der Waals surface area contributed by atoms with E-state index in [1.165, 1.54) is 0 Å². The van der Waals surface area contributed by atoms with Crippen molar-refractivity contribution in [2.45, 2.75) is 46.2 Å². The Kier molecular flexibility index (Phi) is 4.37. The van der Waals surface area contributed by atoms with E-state index in [9.17, 15) is 9.18 Å². The van der Waals surface area contributed by atoms with Gasteiger partial charge in [-0.3, -0.25) is 4.79 Å². The fourth-order valence-electron chi connectivity index (χ4n) is 1.74. The third-order valence-corrected chi connectivity index (χ3v) is 2.66. The largest absolute Gasteiger partial charge is 0.367 e. The summed E-state index contributed by atoms with van der Waals surface area (Å²) in [5, 5.41) is 0. The van der Waals surface area contributed by atoms with Crippen LogP contribution < -0.4 is 5.73 Å². The molecule has 0 radical (unpaired) electrons. The first-order valence-corrected chi connectivity index (χ1v) is 4.86. The molecule has 2 atom stereocenters. The zero-order valence-corrected chi connectivity index (χ0v) is 8.93. The van der Waals surface area contributed by atoms with Gasteiger partial charge in [-0.2, -0.15) is 0 Å². The van der Waals surface area contributed by atoms with Gasteiger partial charge in [-0.25, -0.2) is 4.39 Å². The van der Waals surface area contributed by atoms with Crippen LogP contribution in [-0.4, -0.2) is 11.6 Å². The van der Waals surface area contributed by atoms with E-state index < -0.39 is 11.6 Å². The molecule has 0 fully saturated rings. The lowest BCUT2D eigenvalue weighted by Gasteiger charge is -2.31. The van der Waals surface area contributed by atoms with Gasteiger partial charge in [-0.05, 0) is 18.3 Å². The molecule has 0 heterocycles. The lowest BCUT2D eigenvalue weighted by Crippen LogP contribution is -2.49. The quantitative estimate of drug-likeness (QED) is 0.708. The molecule has 3 heteroatoms. The maximum absolute atomic E-state index is 14.1. The lowest BCUT2D eigenvalue weighted by atomic mass is 9.78. The SMILES string of the molecule is CCCC(C)C(F)(C(N)=O)C(C)C. The number of alkyl halides is 1. The normalized spacial score (nSPS) is 18.3. The predicted octanol–water partition coefficient (Wildman–Crippen LogP) is 2.27. The molecule has 1 amide bonds. The van der Waals surface area contributed by atoms with Gasteiger partial charge in [0.15, 0.2) is 5.67 Å². The van der Waals surface area contributed by atoms with Crippen LogP contribution in [0, 0.1) is 11.8 Å². The third-order valence-electron chi connectivity index (χ3n) is 2.66. The fraction of sp³-hybridized carbons (Fsp3) is 0.900. The van der Waals surface area contributed by atoms with Crippen LogP contribution in [0.25, 0.3) is 0 Å². The van der Waals surface area contributed by atoms with Crippen LogP contribution in [-0.2, 0) is 4.79 Å². The summed E-state index contributed by atoms with van der Waals surface area (Å²) in [7, 11) is 0. The van der Waals surface area contributed by atoms with Crippen molar-refractivity contribution in [3.63, 3.8) is 0 Å². The van der Waals surface area contributed by atoms with Crippen molar-refractivity contribution in [3.8, 4) is 0 Å². The molecule has 0 aliphatic heterocycles. The van der Waals surface area contributed by atoms with Gasteiger partial charge < -0.3 is 5.73 Å². The number of rotatable bonds is 5. The summed E-state index contributed by atoms with van der Waals surface area (Å²) < 4.78 is 14.1. The van der Waals surface area contributed by atoms with Crippen LogP contribution >= 0.6 is 0 Å². The van der Waals surface area contributed by atoms with Crippen molar-refractivity contribution in [1.29, 1.82) is 0 Å². The minimum atomic E-state index is -1.85. The molecule has 0 saturated carbocycles. The number of nitrogens with two attached hydrogens (primary N) is 1. The number of primary amides is 1. The minimum Gasteiger partial charge on any atom is -0.367 e. The molecule has 0 aromatic rings. The lowest BCUT2D eigenvalue weighted by molar-refractivity contribution is -0.136. The molecule has 0 spiro atoms.